The average molecular weight is 267 g/mol. The van der Waals surface area contributed by atoms with Crippen molar-refractivity contribution in [3.05, 3.63) is 11.7 Å². The first-order valence-corrected chi connectivity index (χ1v) is 5.76. The van der Waals surface area contributed by atoms with Crippen LogP contribution in [0.2, 0.25) is 0 Å². The summed E-state index contributed by atoms with van der Waals surface area (Å²) in [4.78, 5) is 0. The maximum atomic E-state index is 9.93. The second kappa shape index (κ2) is 6.49. The van der Waals surface area contributed by atoms with Crippen molar-refractivity contribution >= 4 is 25.4 Å². The molecule has 19 heavy (non-hydrogen) atoms. The third-order valence-corrected chi connectivity index (χ3v) is 2.93. The van der Waals surface area contributed by atoms with E-state index in [-0.39, 0.29) is 13.3 Å². The molecule has 0 saturated carbocycles. The number of nitrogens with one attached hydrogen (secondary N) is 4. The van der Waals surface area contributed by atoms with Crippen molar-refractivity contribution in [1.82, 2.24) is 5.32 Å². The maximum Gasteiger partial charge on any atom is 0.312 e. The average Bonchev–Trinajstić information content (AvgIpc) is 2.27. The van der Waals surface area contributed by atoms with E-state index in [1.807, 2.05) is 0 Å². The maximum absolute atomic E-state index is 9.93. The fourth-order valence-corrected chi connectivity index (χ4v) is 0.808. The van der Waals surface area contributed by atoms with E-state index in [4.69, 9.17) is 26.6 Å². The van der Waals surface area contributed by atoms with E-state index in [0.717, 1.165) is 6.21 Å². The van der Waals surface area contributed by atoms with Gasteiger partial charge in [0.2, 0.25) is 0 Å². The molecule has 0 heterocycles. The van der Waals surface area contributed by atoms with Crippen LogP contribution in [-0.2, 0) is 4.65 Å². The van der Waals surface area contributed by atoms with Crippen LogP contribution in [0.15, 0.2) is 11.7 Å². The molecule has 0 radical (unpaired) electrons. The topological polar surface area (TPSA) is 139 Å². The molecule has 7 N–H and O–H groups in total. The molecule has 0 atom stereocenters. The van der Waals surface area contributed by atoms with Gasteiger partial charge in [0.25, 0.3) is 0 Å². The van der Waals surface area contributed by atoms with Crippen molar-refractivity contribution in [3.8, 4) is 0 Å². The number of hydrogen-bond acceptors (Lipinski definition) is 5. The Hall–Kier alpha value is -1.67. The Morgan fingerprint density at radius 2 is 1.84 bits per heavy atom. The lowest BCUT2D eigenvalue weighted by molar-refractivity contribution is -0.0895. The second-order valence-electron chi connectivity index (χ2n) is 5.15. The normalized spacial score (nSPS) is 12.8. The molecule has 0 saturated heterocycles. The van der Waals surface area contributed by atoms with Gasteiger partial charge in [-0.3, -0.25) is 10.8 Å². The summed E-state index contributed by atoms with van der Waals surface area (Å²) < 4.78 is 5.57. The van der Waals surface area contributed by atoms with Gasteiger partial charge in [-0.15, -0.1) is 0 Å². The Morgan fingerprint density at radius 1 is 1.32 bits per heavy atom. The second-order valence-corrected chi connectivity index (χ2v) is 5.15. The quantitative estimate of drug-likeness (QED) is 0.227. The summed E-state index contributed by atoms with van der Waals surface area (Å²) in [5, 5.41) is 34.0. The Labute approximate surface area is 114 Å². The van der Waals surface area contributed by atoms with Gasteiger partial charge in [0.1, 0.15) is 0 Å². The number of aliphatic hydroxyl groups is 1. The lowest BCUT2D eigenvalue weighted by Crippen LogP contribution is -2.48. The summed E-state index contributed by atoms with van der Waals surface area (Å²) in [6.45, 7) is 6.79. The first-order valence-electron chi connectivity index (χ1n) is 5.76. The zero-order chi connectivity index (χ0) is 15.3. The molecular weight excluding hydrogens is 245 g/mol. The van der Waals surface area contributed by atoms with Crippen LogP contribution in [0.4, 0.5) is 0 Å². The molecule has 0 aliphatic heterocycles. The summed E-state index contributed by atoms with van der Waals surface area (Å²) in [6.07, 6.45) is 2.44. The van der Waals surface area contributed by atoms with Crippen molar-refractivity contribution < 1.29 is 9.76 Å². The molecule has 8 heteroatoms. The SMILES string of the molecule is CC(C)(O)C(C)(C)OB/C(C=N)=C/NC(=N)C(=N)N. The van der Waals surface area contributed by atoms with Gasteiger partial charge < -0.3 is 26.2 Å². The molecule has 0 aromatic rings. The van der Waals surface area contributed by atoms with Gasteiger partial charge in [-0.05, 0) is 33.2 Å². The Bertz CT molecular complexity index is 398. The highest BCUT2D eigenvalue weighted by Crippen LogP contribution is 2.24. The standard InChI is InChI=1S/C11H22BN5O2/c1-10(2,18)11(3,4)19-12-7(5-13)6-17-9(16)8(14)15/h5-6,12-13,18H,1-4H3,(H3,14,15)(H2,16,17)/b7-6+,13-5?. The molecule has 0 aliphatic carbocycles. The number of allylic oxidation sites excluding steroid dienone is 1. The van der Waals surface area contributed by atoms with E-state index in [1.54, 1.807) is 27.7 Å². The smallest absolute Gasteiger partial charge is 0.312 e. The summed E-state index contributed by atoms with van der Waals surface area (Å²) in [7, 11) is 0.0959. The van der Waals surface area contributed by atoms with Crippen molar-refractivity contribution in [2.45, 2.75) is 38.9 Å². The first kappa shape index (κ1) is 17.3. The molecule has 0 amide bonds. The molecule has 0 bridgehead atoms. The highest BCUT2D eigenvalue weighted by atomic mass is 16.5. The van der Waals surface area contributed by atoms with Crippen molar-refractivity contribution in [2.24, 2.45) is 5.73 Å². The van der Waals surface area contributed by atoms with E-state index in [2.05, 4.69) is 5.32 Å². The third-order valence-electron chi connectivity index (χ3n) is 2.93. The van der Waals surface area contributed by atoms with E-state index in [0.29, 0.717) is 5.47 Å². The third kappa shape index (κ3) is 5.67. The Balaban J connectivity index is 4.60. The number of amidine groups is 2. The zero-order valence-corrected chi connectivity index (χ0v) is 11.8. The van der Waals surface area contributed by atoms with Gasteiger partial charge in [0, 0.05) is 12.4 Å². The Morgan fingerprint density at radius 3 is 2.21 bits per heavy atom. The van der Waals surface area contributed by atoms with Crippen molar-refractivity contribution in [1.29, 1.82) is 16.2 Å². The predicted molar refractivity (Wildman–Crippen MR) is 78.3 cm³/mol. The number of rotatable bonds is 6. The van der Waals surface area contributed by atoms with Gasteiger partial charge >= 0.3 is 7.48 Å². The minimum absolute atomic E-state index is 0.0959. The number of nitrogens with two attached hydrogens (primary N) is 1. The van der Waals surface area contributed by atoms with Crippen molar-refractivity contribution in [2.75, 3.05) is 0 Å². The minimum Gasteiger partial charge on any atom is -0.427 e. The van der Waals surface area contributed by atoms with Crippen molar-refractivity contribution in [3.63, 3.8) is 0 Å². The van der Waals surface area contributed by atoms with Crippen LogP contribution in [0.25, 0.3) is 0 Å². The fraction of sp³-hybridized carbons (Fsp3) is 0.545. The molecule has 0 aliphatic rings. The fourth-order valence-electron chi connectivity index (χ4n) is 0.808. The zero-order valence-electron chi connectivity index (χ0n) is 11.8. The van der Waals surface area contributed by atoms with E-state index in [1.165, 1.54) is 6.20 Å². The first-order chi connectivity index (χ1) is 8.51. The van der Waals surface area contributed by atoms with E-state index < -0.39 is 17.0 Å². The molecule has 7 nitrogen and oxygen atoms in total. The molecular formula is C11H22BN5O2. The highest BCUT2D eigenvalue weighted by molar-refractivity contribution is 6.46. The highest BCUT2D eigenvalue weighted by Gasteiger charge is 2.35. The van der Waals surface area contributed by atoms with Crippen LogP contribution < -0.4 is 11.1 Å². The van der Waals surface area contributed by atoms with Crippen LogP contribution in [0.5, 0.6) is 0 Å². The van der Waals surface area contributed by atoms with Gasteiger partial charge in [-0.25, -0.2) is 0 Å². The van der Waals surface area contributed by atoms with Crippen LogP contribution in [0, 0.1) is 16.2 Å². The van der Waals surface area contributed by atoms with Crippen LogP contribution >= 0.6 is 0 Å². The minimum atomic E-state index is -1.03. The lowest BCUT2D eigenvalue weighted by Gasteiger charge is -2.37. The molecule has 0 rings (SSSR count). The predicted octanol–water partition coefficient (Wildman–Crippen LogP) is -0.102. The number of hydrogen-bond donors (Lipinski definition) is 6. The molecule has 0 aromatic carbocycles. The monoisotopic (exact) mass is 267 g/mol. The van der Waals surface area contributed by atoms with Crippen LogP contribution in [0.3, 0.4) is 0 Å². The summed E-state index contributed by atoms with van der Waals surface area (Å²) >= 11 is 0. The largest absolute Gasteiger partial charge is 0.427 e. The van der Waals surface area contributed by atoms with E-state index >= 15 is 0 Å². The molecule has 0 aromatic heterocycles. The van der Waals surface area contributed by atoms with Gasteiger partial charge in [-0.2, -0.15) is 0 Å². The lowest BCUT2D eigenvalue weighted by atomic mass is 9.83. The summed E-state index contributed by atoms with van der Waals surface area (Å²) in [5.74, 6) is -0.639. The van der Waals surface area contributed by atoms with Gasteiger partial charge in [-0.1, -0.05) is 0 Å². The molecule has 0 fully saturated rings. The van der Waals surface area contributed by atoms with E-state index in [9.17, 15) is 5.11 Å². The van der Waals surface area contributed by atoms with Crippen LogP contribution in [-0.4, -0.2) is 41.7 Å². The molecule has 0 spiro atoms. The van der Waals surface area contributed by atoms with Crippen LogP contribution in [0.1, 0.15) is 27.7 Å². The molecule has 0 unspecified atom stereocenters. The Kier molecular flexibility index (Phi) is 5.92. The summed E-state index contributed by atoms with van der Waals surface area (Å²) in [5.41, 5.74) is 3.75. The van der Waals surface area contributed by atoms with Gasteiger partial charge in [0.05, 0.1) is 11.2 Å². The molecule has 106 valence electrons. The summed E-state index contributed by atoms with van der Waals surface area (Å²) in [6, 6.07) is 0. The van der Waals surface area contributed by atoms with Gasteiger partial charge in [0.15, 0.2) is 11.7 Å².